The molecule has 0 aliphatic heterocycles. The van der Waals surface area contributed by atoms with Crippen LogP contribution in [0.3, 0.4) is 0 Å². The lowest BCUT2D eigenvalue weighted by Gasteiger charge is -2.08. The van der Waals surface area contributed by atoms with Gasteiger partial charge >= 0.3 is 0 Å². The summed E-state index contributed by atoms with van der Waals surface area (Å²) in [6, 6.07) is 1.56. The maximum Gasteiger partial charge on any atom is 0.243 e. The number of nitrogens with two attached hydrogens (primary N) is 1. The summed E-state index contributed by atoms with van der Waals surface area (Å²) in [4.78, 5) is 22.3. The van der Waals surface area contributed by atoms with Crippen LogP contribution in [0.2, 0.25) is 0 Å². The Balaban J connectivity index is 2.58. The van der Waals surface area contributed by atoms with Crippen LogP contribution in [0.4, 0.5) is 18.9 Å². The number of carbonyl (C=O) groups is 2. The molecule has 5 nitrogen and oxygen atoms in total. The molecule has 1 aromatic rings. The number of benzene rings is 1. The monoisotopic (exact) mass is 275 g/mol. The fourth-order valence-corrected chi connectivity index (χ4v) is 1.22. The lowest BCUT2D eigenvalue weighted by atomic mass is 10.2. The van der Waals surface area contributed by atoms with Crippen LogP contribution in [-0.2, 0) is 9.59 Å². The minimum Gasteiger partial charge on any atom is -0.347 e. The van der Waals surface area contributed by atoms with Gasteiger partial charge in [0.25, 0.3) is 0 Å². The maximum atomic E-state index is 13.2. The molecule has 0 bridgehead atoms. The van der Waals surface area contributed by atoms with Gasteiger partial charge in [0.2, 0.25) is 11.8 Å². The van der Waals surface area contributed by atoms with E-state index in [2.05, 4.69) is 5.32 Å². The molecule has 1 rings (SSSR count). The largest absolute Gasteiger partial charge is 0.347 e. The summed E-state index contributed by atoms with van der Waals surface area (Å²) in [6.07, 6.45) is 0.0484. The summed E-state index contributed by atoms with van der Waals surface area (Å²) < 4.78 is 38.7. The topological polar surface area (TPSA) is 84.2 Å². The molecule has 0 spiro atoms. The van der Waals surface area contributed by atoms with Crippen molar-refractivity contribution in [3.8, 4) is 0 Å². The molecule has 0 atom stereocenters. The van der Waals surface area contributed by atoms with E-state index in [1.165, 1.54) is 0 Å². The van der Waals surface area contributed by atoms with Crippen LogP contribution < -0.4 is 16.4 Å². The maximum absolute atomic E-state index is 13.2. The Kier molecular flexibility index (Phi) is 5.31. The Morgan fingerprint density at radius 2 is 1.79 bits per heavy atom. The number of halogens is 3. The van der Waals surface area contributed by atoms with E-state index >= 15 is 0 Å². The van der Waals surface area contributed by atoms with Gasteiger partial charge in [-0.3, -0.25) is 9.59 Å². The molecule has 0 unspecified atom stereocenters. The summed E-state index contributed by atoms with van der Waals surface area (Å²) in [7, 11) is 0. The summed E-state index contributed by atoms with van der Waals surface area (Å²) in [5.74, 6) is -5.74. The average Bonchev–Trinajstić information content (AvgIpc) is 2.37. The lowest BCUT2D eigenvalue weighted by Crippen LogP contribution is -2.34. The van der Waals surface area contributed by atoms with E-state index in [1.54, 1.807) is 0 Å². The zero-order valence-corrected chi connectivity index (χ0v) is 9.80. The van der Waals surface area contributed by atoms with Crippen molar-refractivity contribution in [2.75, 3.05) is 18.4 Å². The Hall–Kier alpha value is -2.09. The van der Waals surface area contributed by atoms with Gasteiger partial charge in [0.15, 0.2) is 17.5 Å². The summed E-state index contributed by atoms with van der Waals surface area (Å²) in [6.45, 7) is -0.289. The van der Waals surface area contributed by atoms with Gasteiger partial charge in [-0.2, -0.15) is 0 Å². The third-order valence-corrected chi connectivity index (χ3v) is 2.13. The molecule has 4 N–H and O–H groups in total. The molecule has 0 saturated heterocycles. The Bertz CT molecular complexity index is 494. The average molecular weight is 275 g/mol. The van der Waals surface area contributed by atoms with Crippen molar-refractivity contribution in [1.82, 2.24) is 5.32 Å². The highest BCUT2D eigenvalue weighted by Gasteiger charge is 2.15. The number of amides is 2. The molecule has 19 heavy (non-hydrogen) atoms. The van der Waals surface area contributed by atoms with Crippen LogP contribution in [0.25, 0.3) is 0 Å². The fourth-order valence-electron chi connectivity index (χ4n) is 1.22. The Morgan fingerprint density at radius 1 is 1.11 bits per heavy atom. The second-order valence-corrected chi connectivity index (χ2v) is 3.59. The Morgan fingerprint density at radius 3 is 2.42 bits per heavy atom. The van der Waals surface area contributed by atoms with Gasteiger partial charge in [0.05, 0.1) is 12.2 Å². The predicted octanol–water partition coefficient (Wildman–Crippen LogP) is 0.507. The third kappa shape index (κ3) is 4.25. The quantitative estimate of drug-likeness (QED) is 0.684. The van der Waals surface area contributed by atoms with E-state index in [0.29, 0.717) is 6.07 Å². The molecule has 2 amide bonds. The second kappa shape index (κ2) is 6.74. The number of hydrogen-bond donors (Lipinski definition) is 3. The first kappa shape index (κ1) is 15.0. The molecule has 0 aliphatic carbocycles. The van der Waals surface area contributed by atoms with E-state index in [9.17, 15) is 22.8 Å². The molecule has 0 aliphatic rings. The van der Waals surface area contributed by atoms with Gasteiger partial charge in [-0.05, 0) is 12.1 Å². The van der Waals surface area contributed by atoms with Crippen LogP contribution in [0.5, 0.6) is 0 Å². The van der Waals surface area contributed by atoms with Crippen LogP contribution in [-0.4, -0.2) is 24.9 Å². The lowest BCUT2D eigenvalue weighted by molar-refractivity contribution is -0.124. The molecule has 0 saturated carbocycles. The second-order valence-electron chi connectivity index (χ2n) is 3.59. The standard InChI is InChI=1S/C11H12F3N3O2/c12-6-1-2-7(11(14)10(6)13)17-9(19)5-16-8(18)3-4-15/h1-2H,3-5,15H2,(H,16,18)(H,17,19). The molecule has 0 fully saturated rings. The predicted molar refractivity (Wildman–Crippen MR) is 61.6 cm³/mol. The van der Waals surface area contributed by atoms with Gasteiger partial charge in [0.1, 0.15) is 0 Å². The summed E-state index contributed by atoms with van der Waals surface area (Å²) in [5, 5.41) is 4.24. The number of rotatable bonds is 5. The van der Waals surface area contributed by atoms with Crippen molar-refractivity contribution >= 4 is 17.5 Å². The van der Waals surface area contributed by atoms with E-state index in [4.69, 9.17) is 5.73 Å². The van der Waals surface area contributed by atoms with Gasteiger partial charge in [-0.25, -0.2) is 13.2 Å². The highest BCUT2D eigenvalue weighted by Crippen LogP contribution is 2.19. The molecule has 0 heterocycles. The summed E-state index contributed by atoms with van der Waals surface area (Å²) in [5.41, 5.74) is 4.62. The van der Waals surface area contributed by atoms with Crippen molar-refractivity contribution in [2.45, 2.75) is 6.42 Å². The zero-order valence-electron chi connectivity index (χ0n) is 9.80. The van der Waals surface area contributed by atoms with Crippen molar-refractivity contribution < 1.29 is 22.8 Å². The molecular weight excluding hydrogens is 263 g/mol. The van der Waals surface area contributed by atoms with Crippen molar-refractivity contribution in [1.29, 1.82) is 0 Å². The third-order valence-electron chi connectivity index (χ3n) is 2.13. The van der Waals surface area contributed by atoms with Crippen LogP contribution in [0.15, 0.2) is 12.1 Å². The smallest absolute Gasteiger partial charge is 0.243 e. The van der Waals surface area contributed by atoms with E-state index < -0.39 is 41.5 Å². The van der Waals surface area contributed by atoms with E-state index in [0.717, 1.165) is 6.07 Å². The molecular formula is C11H12F3N3O2. The highest BCUT2D eigenvalue weighted by molar-refractivity contribution is 5.94. The number of anilines is 1. The van der Waals surface area contributed by atoms with Gasteiger partial charge in [0, 0.05) is 13.0 Å². The molecule has 104 valence electrons. The van der Waals surface area contributed by atoms with Crippen LogP contribution >= 0.6 is 0 Å². The van der Waals surface area contributed by atoms with Crippen molar-refractivity contribution in [2.24, 2.45) is 5.73 Å². The molecule has 8 heteroatoms. The van der Waals surface area contributed by atoms with Crippen molar-refractivity contribution in [3.63, 3.8) is 0 Å². The van der Waals surface area contributed by atoms with Crippen molar-refractivity contribution in [3.05, 3.63) is 29.6 Å². The van der Waals surface area contributed by atoms with E-state index in [1.807, 2.05) is 5.32 Å². The first-order chi connectivity index (χ1) is 8.95. The molecule has 0 radical (unpaired) electrons. The number of nitrogens with one attached hydrogen (secondary N) is 2. The SMILES string of the molecule is NCCC(=O)NCC(=O)Nc1ccc(F)c(F)c1F. The number of hydrogen-bond acceptors (Lipinski definition) is 3. The number of carbonyl (C=O) groups excluding carboxylic acids is 2. The van der Waals surface area contributed by atoms with Crippen LogP contribution in [0, 0.1) is 17.5 Å². The van der Waals surface area contributed by atoms with Gasteiger partial charge < -0.3 is 16.4 Å². The zero-order chi connectivity index (χ0) is 14.4. The highest BCUT2D eigenvalue weighted by atomic mass is 19.2. The normalized spacial score (nSPS) is 10.1. The molecule has 1 aromatic carbocycles. The first-order valence-electron chi connectivity index (χ1n) is 5.35. The minimum atomic E-state index is -1.68. The molecule has 0 aromatic heterocycles. The van der Waals surface area contributed by atoms with Crippen LogP contribution in [0.1, 0.15) is 6.42 Å². The van der Waals surface area contributed by atoms with Gasteiger partial charge in [-0.1, -0.05) is 0 Å². The fraction of sp³-hybridized carbons (Fsp3) is 0.273. The first-order valence-corrected chi connectivity index (χ1v) is 5.35. The summed E-state index contributed by atoms with van der Waals surface area (Å²) >= 11 is 0. The van der Waals surface area contributed by atoms with E-state index in [-0.39, 0.29) is 13.0 Å². The Labute approximate surface area is 107 Å². The minimum absolute atomic E-state index is 0.0484. The van der Waals surface area contributed by atoms with Gasteiger partial charge in [-0.15, -0.1) is 0 Å².